The summed E-state index contributed by atoms with van der Waals surface area (Å²) >= 11 is 0. The molecule has 0 unspecified atom stereocenters. The standard InChI is InChI=1S/C11H16N2O3/c1-8-4-5-9(16-8)7-13-10(11(14)15)3-2-6-12/h4-5,7,10H,2-3,6,12H2,1H3,(H,14,15)/t10-/m0/s1. The summed E-state index contributed by atoms with van der Waals surface area (Å²) in [7, 11) is 0. The minimum Gasteiger partial charge on any atom is -0.480 e. The molecule has 16 heavy (non-hydrogen) atoms. The van der Waals surface area contributed by atoms with Crippen LogP contribution in [0.15, 0.2) is 21.5 Å². The van der Waals surface area contributed by atoms with Crippen LogP contribution in [0.4, 0.5) is 0 Å². The molecule has 0 amide bonds. The lowest BCUT2D eigenvalue weighted by atomic mass is 10.1. The zero-order valence-electron chi connectivity index (χ0n) is 9.22. The van der Waals surface area contributed by atoms with E-state index in [4.69, 9.17) is 15.3 Å². The molecular weight excluding hydrogens is 208 g/mol. The van der Waals surface area contributed by atoms with Gasteiger partial charge in [-0.05, 0) is 38.4 Å². The van der Waals surface area contributed by atoms with Crippen molar-refractivity contribution in [2.75, 3.05) is 6.54 Å². The summed E-state index contributed by atoms with van der Waals surface area (Å²) in [6, 6.07) is 2.81. The molecule has 0 aromatic carbocycles. The summed E-state index contributed by atoms with van der Waals surface area (Å²) < 4.78 is 5.25. The molecule has 0 bridgehead atoms. The molecule has 0 fully saturated rings. The van der Waals surface area contributed by atoms with Gasteiger partial charge in [-0.25, -0.2) is 4.79 Å². The number of carboxylic acids is 1. The third kappa shape index (κ3) is 3.86. The number of aryl methyl sites for hydroxylation is 1. The van der Waals surface area contributed by atoms with Crippen molar-refractivity contribution in [2.24, 2.45) is 10.7 Å². The first-order valence-electron chi connectivity index (χ1n) is 5.16. The maximum atomic E-state index is 10.8. The third-order valence-corrected chi connectivity index (χ3v) is 2.11. The molecule has 0 radical (unpaired) electrons. The Morgan fingerprint density at radius 1 is 1.69 bits per heavy atom. The van der Waals surface area contributed by atoms with Crippen molar-refractivity contribution in [2.45, 2.75) is 25.8 Å². The smallest absolute Gasteiger partial charge is 0.328 e. The van der Waals surface area contributed by atoms with E-state index < -0.39 is 12.0 Å². The van der Waals surface area contributed by atoms with Crippen molar-refractivity contribution in [1.82, 2.24) is 0 Å². The topological polar surface area (TPSA) is 88.8 Å². The van der Waals surface area contributed by atoms with Gasteiger partial charge in [0.1, 0.15) is 17.6 Å². The van der Waals surface area contributed by atoms with Crippen LogP contribution in [0.3, 0.4) is 0 Å². The quantitative estimate of drug-likeness (QED) is 0.710. The van der Waals surface area contributed by atoms with E-state index in [0.29, 0.717) is 25.1 Å². The molecule has 0 saturated heterocycles. The molecule has 1 atom stereocenters. The number of carbonyl (C=O) groups is 1. The normalized spacial score (nSPS) is 13.1. The van der Waals surface area contributed by atoms with E-state index in [1.54, 1.807) is 12.1 Å². The first kappa shape index (κ1) is 12.4. The van der Waals surface area contributed by atoms with E-state index in [-0.39, 0.29) is 0 Å². The van der Waals surface area contributed by atoms with Crippen LogP contribution in [0, 0.1) is 6.92 Å². The Morgan fingerprint density at radius 3 is 2.94 bits per heavy atom. The molecule has 1 heterocycles. The molecular formula is C11H16N2O3. The van der Waals surface area contributed by atoms with Gasteiger partial charge in [-0.1, -0.05) is 0 Å². The summed E-state index contributed by atoms with van der Waals surface area (Å²) in [5.74, 6) is 0.403. The maximum Gasteiger partial charge on any atom is 0.328 e. The van der Waals surface area contributed by atoms with Crippen LogP contribution in [0.5, 0.6) is 0 Å². The van der Waals surface area contributed by atoms with E-state index in [9.17, 15) is 4.79 Å². The highest BCUT2D eigenvalue weighted by Gasteiger charge is 2.14. The third-order valence-electron chi connectivity index (χ3n) is 2.11. The highest BCUT2D eigenvalue weighted by Crippen LogP contribution is 2.06. The number of hydrogen-bond donors (Lipinski definition) is 2. The Morgan fingerprint density at radius 2 is 2.44 bits per heavy atom. The van der Waals surface area contributed by atoms with Gasteiger partial charge in [-0.15, -0.1) is 0 Å². The molecule has 1 rings (SSSR count). The fourth-order valence-corrected chi connectivity index (χ4v) is 1.26. The lowest BCUT2D eigenvalue weighted by molar-refractivity contribution is -0.138. The summed E-state index contributed by atoms with van der Waals surface area (Å²) in [5.41, 5.74) is 5.32. The first-order valence-corrected chi connectivity index (χ1v) is 5.16. The summed E-state index contributed by atoms with van der Waals surface area (Å²) in [6.07, 6.45) is 2.54. The molecule has 0 spiro atoms. The molecule has 1 aromatic heterocycles. The lowest BCUT2D eigenvalue weighted by Crippen LogP contribution is -2.19. The van der Waals surface area contributed by atoms with Crippen molar-refractivity contribution in [3.8, 4) is 0 Å². The van der Waals surface area contributed by atoms with Crippen molar-refractivity contribution < 1.29 is 14.3 Å². The van der Waals surface area contributed by atoms with Crippen LogP contribution in [-0.4, -0.2) is 29.9 Å². The van der Waals surface area contributed by atoms with Crippen molar-refractivity contribution in [3.05, 3.63) is 23.7 Å². The predicted molar refractivity (Wildman–Crippen MR) is 60.8 cm³/mol. The number of nitrogens with zero attached hydrogens (tertiary/aromatic N) is 1. The van der Waals surface area contributed by atoms with Crippen LogP contribution >= 0.6 is 0 Å². The zero-order valence-corrected chi connectivity index (χ0v) is 9.22. The first-order chi connectivity index (χ1) is 7.63. The van der Waals surface area contributed by atoms with Gasteiger partial charge >= 0.3 is 5.97 Å². The van der Waals surface area contributed by atoms with Gasteiger partial charge < -0.3 is 15.3 Å². The number of aliphatic carboxylic acids is 1. The van der Waals surface area contributed by atoms with E-state index in [2.05, 4.69) is 4.99 Å². The van der Waals surface area contributed by atoms with Gasteiger partial charge in [-0.2, -0.15) is 0 Å². The fraction of sp³-hybridized carbons (Fsp3) is 0.455. The SMILES string of the molecule is Cc1ccc(C=N[C@@H](CCCN)C(=O)O)o1. The van der Waals surface area contributed by atoms with Crippen molar-refractivity contribution in [3.63, 3.8) is 0 Å². The van der Waals surface area contributed by atoms with Gasteiger partial charge in [0.25, 0.3) is 0 Å². The number of aliphatic imine (C=N–C) groups is 1. The molecule has 5 heteroatoms. The molecule has 88 valence electrons. The molecule has 1 aromatic rings. The van der Waals surface area contributed by atoms with Gasteiger partial charge in [0, 0.05) is 0 Å². The van der Waals surface area contributed by atoms with Crippen molar-refractivity contribution >= 4 is 12.2 Å². The average molecular weight is 224 g/mol. The Kier molecular flexibility index (Phi) is 4.72. The summed E-state index contributed by atoms with van der Waals surface area (Å²) in [4.78, 5) is 14.8. The number of hydrogen-bond acceptors (Lipinski definition) is 4. The zero-order chi connectivity index (χ0) is 12.0. The second-order valence-electron chi connectivity index (χ2n) is 3.51. The van der Waals surface area contributed by atoms with E-state index in [0.717, 1.165) is 5.76 Å². The number of rotatable bonds is 6. The minimum atomic E-state index is -0.937. The average Bonchev–Trinajstić information content (AvgIpc) is 2.64. The van der Waals surface area contributed by atoms with E-state index >= 15 is 0 Å². The summed E-state index contributed by atoms with van der Waals surface area (Å²) in [6.45, 7) is 2.29. The molecule has 0 aliphatic carbocycles. The number of carboxylic acid groups (broad SMARTS) is 1. The second-order valence-corrected chi connectivity index (χ2v) is 3.51. The Hall–Kier alpha value is -1.62. The summed E-state index contributed by atoms with van der Waals surface area (Å²) in [5, 5.41) is 8.90. The van der Waals surface area contributed by atoms with Gasteiger partial charge in [0.2, 0.25) is 0 Å². The molecule has 0 saturated carbocycles. The molecule has 0 aliphatic heterocycles. The van der Waals surface area contributed by atoms with Gasteiger partial charge in [-0.3, -0.25) is 4.99 Å². The largest absolute Gasteiger partial charge is 0.480 e. The molecule has 0 aliphatic rings. The van der Waals surface area contributed by atoms with Crippen LogP contribution in [-0.2, 0) is 4.79 Å². The van der Waals surface area contributed by atoms with Crippen LogP contribution < -0.4 is 5.73 Å². The number of furan rings is 1. The predicted octanol–water partition coefficient (Wildman–Crippen LogP) is 1.20. The molecule has 5 nitrogen and oxygen atoms in total. The monoisotopic (exact) mass is 224 g/mol. The molecule has 3 N–H and O–H groups in total. The number of nitrogens with two attached hydrogens (primary N) is 1. The lowest BCUT2D eigenvalue weighted by Gasteiger charge is -2.04. The Bertz CT molecular complexity index is 371. The van der Waals surface area contributed by atoms with E-state index in [1.807, 2.05) is 6.92 Å². The van der Waals surface area contributed by atoms with Crippen molar-refractivity contribution in [1.29, 1.82) is 0 Å². The van der Waals surface area contributed by atoms with Crippen LogP contribution in [0.25, 0.3) is 0 Å². The van der Waals surface area contributed by atoms with Crippen LogP contribution in [0.1, 0.15) is 24.4 Å². The van der Waals surface area contributed by atoms with Gasteiger partial charge in [0.15, 0.2) is 0 Å². The van der Waals surface area contributed by atoms with Crippen LogP contribution in [0.2, 0.25) is 0 Å². The Balaban J connectivity index is 2.60. The highest BCUT2D eigenvalue weighted by atomic mass is 16.4. The van der Waals surface area contributed by atoms with E-state index in [1.165, 1.54) is 6.21 Å². The maximum absolute atomic E-state index is 10.8. The highest BCUT2D eigenvalue weighted by molar-refractivity contribution is 5.81. The fourth-order valence-electron chi connectivity index (χ4n) is 1.26. The Labute approximate surface area is 94.0 Å². The van der Waals surface area contributed by atoms with Gasteiger partial charge in [0.05, 0.1) is 6.21 Å². The second kappa shape index (κ2) is 6.07. The minimum absolute atomic E-state index is 0.446.